The van der Waals surface area contributed by atoms with E-state index in [9.17, 15) is 49.2 Å². The largest absolute Gasteiger partial charge is 0.508 e. The average Bonchev–Trinajstić information content (AvgIpc) is 0.765. The van der Waals surface area contributed by atoms with E-state index < -0.39 is 53.4 Å². The molecule has 12 aromatic rings. The van der Waals surface area contributed by atoms with E-state index in [1.54, 1.807) is 132 Å². The summed E-state index contributed by atoms with van der Waals surface area (Å²) in [6.45, 7) is 10.3. The predicted molar refractivity (Wildman–Crippen MR) is 527 cm³/mol. The monoisotopic (exact) mass is 1730 g/mol. The summed E-state index contributed by atoms with van der Waals surface area (Å²) in [4.78, 5) is 22.3. The SMILES string of the molecule is CCOc1cc(/C=C/c2ccc(OC)cc2)cc(B(C)O)c1.COc1ccc(/C=C/c2cc(B(C)O)cc(C(=O)O)c2)cc1.COc1ccc(/C=C/c2cc(Cl)cc(B(C)O)c2)cc1.COc1ccc(/C=C/c2cc(F)cc(B(C)O)c2)cc1.COc1ccc(/C=C/c2cc(O)cc(B(C)O)c2)cc1.COc1ccc(/C=C/c2cc(OC(C)=O)cc(B(C)O)c2)cc1. The molecule has 0 radical (unpaired) electrons. The molecule has 18 nitrogen and oxygen atoms in total. The van der Waals surface area contributed by atoms with Crippen LogP contribution in [0.4, 0.5) is 4.39 Å². The van der Waals surface area contributed by atoms with Gasteiger partial charge in [-0.15, -0.1) is 0 Å². The number of phenolic OH excluding ortho intramolecular Hbond substituents is 1. The number of hydrogen-bond acceptors (Lipinski definition) is 17. The fourth-order valence-corrected chi connectivity index (χ4v) is 12.2. The normalized spacial score (nSPS) is 10.7. The van der Waals surface area contributed by atoms with E-state index in [1.807, 2.05) is 268 Å². The minimum Gasteiger partial charge on any atom is -0.508 e. The fraction of sp³-hybridized carbons (Fsp3) is 0.149. The number of carbonyl (C=O) groups excluding carboxylic acids is 1. The minimum absolute atomic E-state index is 0.151. The zero-order valence-electron chi connectivity index (χ0n) is 73.8. The van der Waals surface area contributed by atoms with Crippen molar-refractivity contribution < 1.29 is 92.2 Å². The third-order valence-electron chi connectivity index (χ3n) is 18.9. The van der Waals surface area contributed by atoms with Crippen molar-refractivity contribution in [1.29, 1.82) is 0 Å². The molecule has 0 aliphatic heterocycles. The van der Waals surface area contributed by atoms with Crippen molar-refractivity contribution in [1.82, 2.24) is 0 Å². The Morgan fingerprint density at radius 2 is 0.551 bits per heavy atom. The van der Waals surface area contributed by atoms with Crippen molar-refractivity contribution in [2.24, 2.45) is 0 Å². The molecule has 26 heteroatoms. The van der Waals surface area contributed by atoms with E-state index in [0.29, 0.717) is 39.2 Å². The second kappa shape index (κ2) is 52.5. The number of carboxylic acids is 1. The van der Waals surface area contributed by atoms with Crippen LogP contribution >= 0.6 is 11.6 Å². The molecule has 0 saturated carbocycles. The van der Waals surface area contributed by atoms with Crippen LogP contribution in [0.2, 0.25) is 46.0 Å². The lowest BCUT2D eigenvalue weighted by Gasteiger charge is -2.09. The molecule has 0 unspecified atom stereocenters. The summed E-state index contributed by atoms with van der Waals surface area (Å²) in [6.07, 6.45) is 23.1. The Bertz CT molecular complexity index is 5390. The molecule has 127 heavy (non-hydrogen) atoms. The van der Waals surface area contributed by atoms with Crippen molar-refractivity contribution in [3.05, 3.63) is 338 Å². The van der Waals surface area contributed by atoms with E-state index in [-0.39, 0.29) is 17.1 Å². The Hall–Kier alpha value is -13.2. The van der Waals surface area contributed by atoms with Crippen molar-refractivity contribution in [3.8, 4) is 51.7 Å². The highest BCUT2D eigenvalue weighted by Gasteiger charge is 2.16. The second-order valence-corrected chi connectivity index (χ2v) is 29.5. The summed E-state index contributed by atoms with van der Waals surface area (Å²) in [6, 6.07) is 77.2. The van der Waals surface area contributed by atoms with Crippen molar-refractivity contribution in [3.63, 3.8) is 0 Å². The number of carboxylic acid groups (broad SMARTS) is 1. The quantitative estimate of drug-likeness (QED) is 0.00980. The third-order valence-corrected chi connectivity index (χ3v) is 19.2. The van der Waals surface area contributed by atoms with E-state index in [2.05, 4.69) is 0 Å². The zero-order valence-corrected chi connectivity index (χ0v) is 74.5. The van der Waals surface area contributed by atoms with Gasteiger partial charge in [-0.3, -0.25) is 4.79 Å². The molecular weight excluding hydrogens is 1620 g/mol. The minimum atomic E-state index is -1.01. The molecule has 0 aromatic heterocycles. The molecule has 12 rings (SSSR count). The van der Waals surface area contributed by atoms with Gasteiger partial charge in [0.25, 0.3) is 0 Å². The van der Waals surface area contributed by atoms with Crippen LogP contribution in [0.15, 0.2) is 255 Å². The highest BCUT2D eigenvalue weighted by molar-refractivity contribution is 6.67. The lowest BCUT2D eigenvalue weighted by molar-refractivity contribution is -0.131. The maximum absolute atomic E-state index is 13.5. The first-order valence-electron chi connectivity index (χ1n) is 40.8. The lowest BCUT2D eigenvalue weighted by atomic mass is 9.64. The molecule has 0 atom stereocenters. The van der Waals surface area contributed by atoms with E-state index in [0.717, 1.165) is 118 Å². The molecular formula is C101H106B6ClFO18. The first-order valence-corrected chi connectivity index (χ1v) is 41.2. The summed E-state index contributed by atoms with van der Waals surface area (Å²) in [7, 11) is 9.79. The molecule has 0 bridgehead atoms. The van der Waals surface area contributed by atoms with Gasteiger partial charge in [-0.25, -0.2) is 9.18 Å². The number of methoxy groups -OCH3 is 6. The molecule has 0 heterocycles. The molecule has 0 saturated heterocycles. The van der Waals surface area contributed by atoms with Crippen LogP contribution in [0.3, 0.4) is 0 Å². The molecule has 0 aliphatic rings. The number of rotatable bonds is 28. The Balaban J connectivity index is 0.000000209. The van der Waals surface area contributed by atoms with Gasteiger partial charge in [0, 0.05) is 11.9 Å². The smallest absolute Gasteiger partial charge is 0.335 e. The van der Waals surface area contributed by atoms with E-state index in [4.69, 9.17) is 54.6 Å². The van der Waals surface area contributed by atoms with Crippen molar-refractivity contribution in [2.75, 3.05) is 49.3 Å². The molecule has 0 spiro atoms. The summed E-state index contributed by atoms with van der Waals surface area (Å²) in [5, 5.41) is 77.3. The van der Waals surface area contributed by atoms with Gasteiger partial charge in [-0.2, -0.15) is 0 Å². The van der Waals surface area contributed by atoms with Gasteiger partial charge in [-0.1, -0.05) is 241 Å². The number of halogens is 2. The van der Waals surface area contributed by atoms with Crippen LogP contribution in [-0.2, 0) is 4.79 Å². The Morgan fingerprint density at radius 1 is 0.307 bits per heavy atom. The molecule has 0 fully saturated rings. The second-order valence-electron chi connectivity index (χ2n) is 29.1. The van der Waals surface area contributed by atoms with E-state index >= 15 is 0 Å². The van der Waals surface area contributed by atoms with Gasteiger partial charge in [0.15, 0.2) is 0 Å². The Kier molecular flexibility index (Phi) is 41.7. The standard InChI is InChI=1S/C18H19BO4.C18H21BO3.C17H17BO4.C16H16BClO2.C16H16BFO2.C16H17BO3/c1-13(20)23-18-11-15(10-16(12-18)19(2)21)5-4-14-6-8-17(22-3)9-7-14;1-4-22-18-12-15(11-16(13-18)19(2)20)6-5-14-7-9-17(21-3)10-8-14;1-18(21)15-10-13(9-14(11-15)17(19)20)4-3-12-5-7-16(22-2)8-6-12;3*1-17(19)14-9-13(10-15(18)11-14)4-3-12-5-7-16(20-2)8-6-12/h4-12,21H,1-3H3;5-13,20H,4H2,1-3H3;3-11,21H,1-2H3,(H,19,20);2*3-11,19H,1-2H3;3-11,18-19H,1-2H3/b5-4+;6-5+;4*4-3+. The highest BCUT2D eigenvalue weighted by Crippen LogP contribution is 2.24. The average molecular weight is 1730 g/mol. The molecule has 0 amide bonds. The van der Waals surface area contributed by atoms with Crippen LogP contribution in [0.25, 0.3) is 72.9 Å². The van der Waals surface area contributed by atoms with Gasteiger partial charge in [0.1, 0.15) is 57.6 Å². The lowest BCUT2D eigenvalue weighted by Crippen LogP contribution is -2.27. The first-order chi connectivity index (χ1) is 60.8. The van der Waals surface area contributed by atoms with Crippen LogP contribution in [0, 0.1) is 5.82 Å². The predicted octanol–water partition coefficient (Wildman–Crippen LogP) is 16.6. The van der Waals surface area contributed by atoms with E-state index in [1.165, 1.54) is 25.1 Å². The van der Waals surface area contributed by atoms with Crippen molar-refractivity contribution in [2.45, 2.75) is 54.8 Å². The number of hydrogen-bond donors (Lipinski definition) is 8. The highest BCUT2D eigenvalue weighted by atomic mass is 35.5. The van der Waals surface area contributed by atoms with Crippen molar-refractivity contribution >= 4 is 171 Å². The topological polar surface area (TPSA) is 270 Å². The number of aromatic carboxylic acids is 1. The number of benzene rings is 12. The van der Waals surface area contributed by atoms with Crippen LogP contribution in [0.1, 0.15) is 91.0 Å². The fourth-order valence-electron chi connectivity index (χ4n) is 12.0. The maximum atomic E-state index is 13.5. The molecule has 12 aromatic carbocycles. The zero-order chi connectivity index (χ0) is 92.5. The Morgan fingerprint density at radius 3 is 0.843 bits per heavy atom. The summed E-state index contributed by atoms with van der Waals surface area (Å²) >= 11 is 6.05. The Labute approximate surface area is 752 Å². The summed E-state index contributed by atoms with van der Waals surface area (Å²) < 4.78 is 54.8. The summed E-state index contributed by atoms with van der Waals surface area (Å²) in [5.74, 6) is 4.46. The number of phenols is 1. The molecule has 0 aliphatic carbocycles. The van der Waals surface area contributed by atoms with Gasteiger partial charge >= 0.3 is 53.4 Å². The number of carbonyl (C=O) groups is 2. The molecule has 650 valence electrons. The number of ether oxygens (including phenoxy) is 8. The van der Waals surface area contributed by atoms with Crippen LogP contribution in [-0.4, -0.2) is 143 Å². The van der Waals surface area contributed by atoms with Crippen LogP contribution in [0.5, 0.6) is 51.7 Å². The van der Waals surface area contributed by atoms with Gasteiger partial charge < -0.3 is 78.3 Å². The van der Waals surface area contributed by atoms with Gasteiger partial charge in [-0.05, 0) is 246 Å². The summed E-state index contributed by atoms with van der Waals surface area (Å²) in [5.41, 5.74) is 15.6. The molecule has 8 N–H and O–H groups in total. The first kappa shape index (κ1) is 101. The third kappa shape index (κ3) is 36.1. The van der Waals surface area contributed by atoms with Gasteiger partial charge in [0.05, 0.1) is 54.8 Å². The van der Waals surface area contributed by atoms with Crippen LogP contribution < -0.4 is 70.7 Å². The number of aromatic hydroxyl groups is 1. The number of esters is 1. The maximum Gasteiger partial charge on any atom is 0.335 e. The van der Waals surface area contributed by atoms with Gasteiger partial charge in [0.2, 0.25) is 0 Å².